The second-order valence-electron chi connectivity index (χ2n) is 18.7. The second kappa shape index (κ2) is 15.7. The Kier molecular flexibility index (Phi) is 10.3. The van der Waals surface area contributed by atoms with Crippen LogP contribution in [0, 0.1) is 0 Å². The van der Waals surface area contributed by atoms with Crippen molar-refractivity contribution in [2.45, 2.75) is 90.4 Å². The van der Waals surface area contributed by atoms with Gasteiger partial charge in [-0.1, -0.05) is 152 Å². The summed E-state index contributed by atoms with van der Waals surface area (Å²) in [5, 5.41) is 11.4. The molecule has 0 atom stereocenters. The van der Waals surface area contributed by atoms with Gasteiger partial charge in [0.1, 0.15) is 11.6 Å². The standard InChI is InChI=1S/C56H55N3O/c1-55(2,3)44-28-29-50(48(36-44)40-18-11-8-12-19-40)59-51-22-15-21-46(53(51)58-54(59)47-20-13-14-23-52(47)60)42-32-43(34-45(33-42)56(4,5)6)49-35-41(30-31-57-49)39-26-24-38(25-27-39)37-16-9-7-10-17-37/h8,11-15,18-37,60H,7,9-10,16-17H2,1-6H3. The minimum Gasteiger partial charge on any atom is -0.507 e. The largest absolute Gasteiger partial charge is 0.507 e. The lowest BCUT2D eigenvalue weighted by Crippen LogP contribution is -2.12. The average Bonchev–Trinajstić information content (AvgIpc) is 3.66. The first-order valence-corrected chi connectivity index (χ1v) is 21.7. The number of nitrogens with zero attached hydrogens (tertiary/aromatic N) is 3. The third kappa shape index (κ3) is 7.68. The van der Waals surface area contributed by atoms with Crippen molar-refractivity contribution in [2.24, 2.45) is 0 Å². The molecular formula is C56H55N3O. The Hall–Kier alpha value is -6.26. The lowest BCUT2D eigenvalue weighted by atomic mass is 9.83. The molecule has 60 heavy (non-hydrogen) atoms. The fourth-order valence-corrected chi connectivity index (χ4v) is 8.98. The maximum Gasteiger partial charge on any atom is 0.149 e. The van der Waals surface area contributed by atoms with Gasteiger partial charge >= 0.3 is 0 Å². The maximum absolute atomic E-state index is 11.4. The molecule has 2 heterocycles. The van der Waals surface area contributed by atoms with Crippen LogP contribution in [0.3, 0.4) is 0 Å². The van der Waals surface area contributed by atoms with Gasteiger partial charge in [-0.15, -0.1) is 0 Å². The molecule has 4 nitrogen and oxygen atoms in total. The van der Waals surface area contributed by atoms with Gasteiger partial charge in [0, 0.05) is 22.9 Å². The van der Waals surface area contributed by atoms with Crippen LogP contribution in [0.5, 0.6) is 5.75 Å². The number of phenols is 1. The summed E-state index contributed by atoms with van der Waals surface area (Å²) in [6.45, 7) is 13.6. The first-order valence-electron chi connectivity index (χ1n) is 21.7. The molecule has 1 saturated carbocycles. The van der Waals surface area contributed by atoms with Gasteiger partial charge < -0.3 is 5.11 Å². The van der Waals surface area contributed by atoms with Crippen molar-refractivity contribution < 1.29 is 5.11 Å². The smallest absolute Gasteiger partial charge is 0.149 e. The summed E-state index contributed by atoms with van der Waals surface area (Å²) in [6.07, 6.45) is 8.59. The molecule has 1 N–H and O–H groups in total. The van der Waals surface area contributed by atoms with Gasteiger partial charge in [0.25, 0.3) is 0 Å². The van der Waals surface area contributed by atoms with E-state index in [0.717, 1.165) is 55.8 Å². The third-order valence-electron chi connectivity index (χ3n) is 12.5. The molecule has 2 aromatic heterocycles. The summed E-state index contributed by atoms with van der Waals surface area (Å²) < 4.78 is 2.24. The van der Waals surface area contributed by atoms with Gasteiger partial charge in [0.05, 0.1) is 28.0 Å². The van der Waals surface area contributed by atoms with Crippen LogP contribution < -0.4 is 0 Å². The molecule has 9 rings (SSSR count). The Bertz CT molecular complexity index is 2810. The van der Waals surface area contributed by atoms with Gasteiger partial charge in [0.15, 0.2) is 0 Å². The first-order chi connectivity index (χ1) is 28.9. The highest BCUT2D eigenvalue weighted by Crippen LogP contribution is 2.43. The Morgan fingerprint density at radius 1 is 0.533 bits per heavy atom. The molecule has 0 amide bonds. The van der Waals surface area contributed by atoms with Crippen molar-refractivity contribution >= 4 is 11.0 Å². The van der Waals surface area contributed by atoms with Crippen LogP contribution in [0.15, 0.2) is 152 Å². The van der Waals surface area contributed by atoms with E-state index in [1.54, 1.807) is 6.07 Å². The molecule has 0 saturated heterocycles. The van der Waals surface area contributed by atoms with E-state index in [9.17, 15) is 5.11 Å². The van der Waals surface area contributed by atoms with Crippen LogP contribution in [0.1, 0.15) is 96.3 Å². The van der Waals surface area contributed by atoms with Crippen molar-refractivity contribution in [1.29, 1.82) is 0 Å². The van der Waals surface area contributed by atoms with Crippen LogP contribution in [0.2, 0.25) is 0 Å². The van der Waals surface area contributed by atoms with Gasteiger partial charge in [-0.2, -0.15) is 0 Å². The van der Waals surface area contributed by atoms with E-state index in [-0.39, 0.29) is 16.6 Å². The number of para-hydroxylation sites is 2. The number of benzene rings is 6. The summed E-state index contributed by atoms with van der Waals surface area (Å²) >= 11 is 0. The van der Waals surface area contributed by atoms with Gasteiger partial charge in [-0.05, 0) is 123 Å². The highest BCUT2D eigenvalue weighted by molar-refractivity contribution is 5.97. The zero-order valence-electron chi connectivity index (χ0n) is 35.8. The highest BCUT2D eigenvalue weighted by Gasteiger charge is 2.25. The molecule has 0 aliphatic heterocycles. The van der Waals surface area contributed by atoms with E-state index in [0.29, 0.717) is 17.3 Å². The molecule has 0 spiro atoms. The summed E-state index contributed by atoms with van der Waals surface area (Å²) in [4.78, 5) is 10.4. The van der Waals surface area contributed by atoms with Crippen LogP contribution in [0.25, 0.3) is 72.7 Å². The Labute approximate surface area is 355 Å². The Balaban J connectivity index is 1.22. The first kappa shape index (κ1) is 39.2. The third-order valence-corrected chi connectivity index (χ3v) is 12.5. The van der Waals surface area contributed by atoms with Crippen molar-refractivity contribution in [2.75, 3.05) is 0 Å². The Morgan fingerprint density at radius 3 is 1.97 bits per heavy atom. The zero-order chi connectivity index (χ0) is 41.6. The minimum atomic E-state index is -0.120. The normalized spacial score (nSPS) is 13.8. The lowest BCUT2D eigenvalue weighted by Gasteiger charge is -2.23. The number of fused-ring (bicyclic) bond motifs is 1. The quantitative estimate of drug-likeness (QED) is 0.175. The van der Waals surface area contributed by atoms with Crippen LogP contribution in [-0.2, 0) is 10.8 Å². The van der Waals surface area contributed by atoms with Gasteiger partial charge in [-0.3, -0.25) is 9.55 Å². The average molecular weight is 786 g/mol. The molecular weight excluding hydrogens is 731 g/mol. The molecule has 4 heteroatoms. The van der Waals surface area contributed by atoms with Crippen molar-refractivity contribution in [3.8, 4) is 67.5 Å². The van der Waals surface area contributed by atoms with Crippen molar-refractivity contribution in [1.82, 2.24) is 14.5 Å². The van der Waals surface area contributed by atoms with Gasteiger partial charge in [-0.25, -0.2) is 4.98 Å². The lowest BCUT2D eigenvalue weighted by molar-refractivity contribution is 0.443. The van der Waals surface area contributed by atoms with E-state index >= 15 is 0 Å². The van der Waals surface area contributed by atoms with Crippen LogP contribution in [-0.4, -0.2) is 19.6 Å². The molecule has 1 fully saturated rings. The summed E-state index contributed by atoms with van der Waals surface area (Å²) in [5.41, 5.74) is 16.0. The molecule has 6 aromatic carbocycles. The zero-order valence-corrected chi connectivity index (χ0v) is 35.8. The molecule has 0 bridgehead atoms. The van der Waals surface area contributed by atoms with E-state index < -0.39 is 0 Å². The maximum atomic E-state index is 11.4. The number of aromatic nitrogens is 3. The van der Waals surface area contributed by atoms with Crippen molar-refractivity contribution in [3.05, 3.63) is 168 Å². The number of hydrogen-bond acceptors (Lipinski definition) is 3. The van der Waals surface area contributed by atoms with E-state index in [1.807, 2.05) is 24.4 Å². The monoisotopic (exact) mass is 785 g/mol. The SMILES string of the molecule is CC(C)(C)c1cc(-c2cc(-c3ccc(C4CCCCC4)cc3)ccn2)cc(-c2cccc3c2nc(-c2ccccc2O)n3-c2ccc(C(C)(C)C)cc2-c2ccccc2)c1. The molecule has 1 aliphatic rings. The highest BCUT2D eigenvalue weighted by atomic mass is 16.3. The molecule has 1 aliphatic carbocycles. The molecule has 8 aromatic rings. The molecule has 300 valence electrons. The number of imidazole rings is 1. The molecule has 0 radical (unpaired) electrons. The summed E-state index contributed by atoms with van der Waals surface area (Å²) in [7, 11) is 0. The van der Waals surface area contributed by atoms with Crippen LogP contribution >= 0.6 is 0 Å². The van der Waals surface area contributed by atoms with Crippen LogP contribution in [0.4, 0.5) is 0 Å². The number of hydrogen-bond donors (Lipinski definition) is 1. The van der Waals surface area contributed by atoms with E-state index in [2.05, 4.69) is 167 Å². The van der Waals surface area contributed by atoms with Crippen molar-refractivity contribution in [3.63, 3.8) is 0 Å². The predicted molar refractivity (Wildman–Crippen MR) is 251 cm³/mol. The topological polar surface area (TPSA) is 50.9 Å². The number of rotatable bonds is 7. The predicted octanol–water partition coefficient (Wildman–Crippen LogP) is 15.1. The number of aromatic hydroxyl groups is 1. The Morgan fingerprint density at radius 2 is 1.23 bits per heavy atom. The van der Waals surface area contributed by atoms with E-state index in [4.69, 9.17) is 9.97 Å². The summed E-state index contributed by atoms with van der Waals surface area (Å²) in [6, 6.07) is 51.9. The number of pyridine rings is 1. The fourth-order valence-electron chi connectivity index (χ4n) is 8.98. The summed E-state index contributed by atoms with van der Waals surface area (Å²) in [5.74, 6) is 1.56. The molecule has 0 unspecified atom stereocenters. The second-order valence-corrected chi connectivity index (χ2v) is 18.7. The van der Waals surface area contributed by atoms with E-state index in [1.165, 1.54) is 54.4 Å². The minimum absolute atomic E-state index is 0.0456. The van der Waals surface area contributed by atoms with Gasteiger partial charge in [0.2, 0.25) is 0 Å². The number of phenolic OH excluding ortho intramolecular Hbond substituents is 1. The fraction of sp³-hybridized carbons (Fsp3) is 0.250.